The number of nitrogens with one attached hydrogen (secondary N) is 1. The molecule has 2 N–H and O–H groups in total. The Balaban J connectivity index is 1.46. The molecule has 1 aromatic rings. The quantitative estimate of drug-likeness (QED) is 0.840. The number of ether oxygens (including phenoxy) is 1. The van der Waals surface area contributed by atoms with E-state index >= 15 is 0 Å². The summed E-state index contributed by atoms with van der Waals surface area (Å²) >= 11 is 0. The average molecular weight is 331 g/mol. The molecule has 2 aliphatic rings. The zero-order chi connectivity index (χ0) is 16.9. The first-order valence-electron chi connectivity index (χ1n) is 8.89. The maximum absolute atomic E-state index is 12.0. The number of hydrogen-bond donors (Lipinski definition) is 2. The molecule has 0 saturated heterocycles. The van der Waals surface area contributed by atoms with Crippen LogP contribution in [0.25, 0.3) is 0 Å². The third kappa shape index (κ3) is 4.08. The Labute approximate surface area is 142 Å². The fourth-order valence-electron chi connectivity index (χ4n) is 3.49. The monoisotopic (exact) mass is 331 g/mol. The molecule has 1 amide bonds. The molecule has 3 rings (SSSR count). The first-order chi connectivity index (χ1) is 11.6. The van der Waals surface area contributed by atoms with Crippen LogP contribution in [0.5, 0.6) is 5.75 Å². The Morgan fingerprint density at radius 3 is 2.25 bits per heavy atom. The molecular weight excluding hydrogens is 306 g/mol. The van der Waals surface area contributed by atoms with Gasteiger partial charge in [-0.3, -0.25) is 9.59 Å². The highest BCUT2D eigenvalue weighted by molar-refractivity contribution is 5.86. The molecule has 2 saturated carbocycles. The average Bonchev–Trinajstić information content (AvgIpc) is 2.53. The topological polar surface area (TPSA) is 75.6 Å². The summed E-state index contributed by atoms with van der Waals surface area (Å²) in [5.74, 6) is -1.05. The SMILES string of the molecule is O=C(O)C1CCC1C(=O)NCc1ccc(OC2CCCCC2)cc1. The molecule has 0 bridgehead atoms. The second-order valence-electron chi connectivity index (χ2n) is 6.87. The van der Waals surface area contributed by atoms with Gasteiger partial charge in [-0.1, -0.05) is 18.6 Å². The van der Waals surface area contributed by atoms with Gasteiger partial charge in [0.2, 0.25) is 5.91 Å². The fraction of sp³-hybridized carbons (Fsp3) is 0.579. The zero-order valence-electron chi connectivity index (χ0n) is 13.9. The fourth-order valence-corrected chi connectivity index (χ4v) is 3.49. The molecule has 0 spiro atoms. The van der Waals surface area contributed by atoms with Crippen molar-refractivity contribution in [2.75, 3.05) is 0 Å². The molecular formula is C19H25NO4. The molecule has 24 heavy (non-hydrogen) atoms. The summed E-state index contributed by atoms with van der Waals surface area (Å²) in [6.45, 7) is 0.422. The number of carbonyl (C=O) groups is 2. The third-order valence-corrected chi connectivity index (χ3v) is 5.17. The normalized spacial score (nSPS) is 24.0. The summed E-state index contributed by atoms with van der Waals surface area (Å²) in [6, 6.07) is 7.79. The maximum atomic E-state index is 12.0. The summed E-state index contributed by atoms with van der Waals surface area (Å²) in [7, 11) is 0. The summed E-state index contributed by atoms with van der Waals surface area (Å²) < 4.78 is 5.99. The lowest BCUT2D eigenvalue weighted by Gasteiger charge is -2.31. The van der Waals surface area contributed by atoms with Crippen molar-refractivity contribution >= 4 is 11.9 Å². The van der Waals surface area contributed by atoms with Gasteiger partial charge in [-0.15, -0.1) is 0 Å². The van der Waals surface area contributed by atoms with Gasteiger partial charge in [0.25, 0.3) is 0 Å². The minimum Gasteiger partial charge on any atom is -0.490 e. The van der Waals surface area contributed by atoms with E-state index < -0.39 is 11.9 Å². The van der Waals surface area contributed by atoms with E-state index in [1.165, 1.54) is 19.3 Å². The molecule has 2 fully saturated rings. The van der Waals surface area contributed by atoms with E-state index in [1.807, 2.05) is 24.3 Å². The molecule has 5 nitrogen and oxygen atoms in total. The first kappa shape index (κ1) is 16.8. The number of carboxylic acid groups (broad SMARTS) is 1. The van der Waals surface area contributed by atoms with Crippen molar-refractivity contribution in [1.82, 2.24) is 5.32 Å². The molecule has 5 heteroatoms. The predicted octanol–water partition coefficient (Wildman–Crippen LogP) is 3.13. The van der Waals surface area contributed by atoms with E-state index in [9.17, 15) is 9.59 Å². The van der Waals surface area contributed by atoms with Gasteiger partial charge >= 0.3 is 5.97 Å². The Morgan fingerprint density at radius 1 is 1.00 bits per heavy atom. The van der Waals surface area contributed by atoms with Crippen LogP contribution >= 0.6 is 0 Å². The minimum atomic E-state index is -0.870. The van der Waals surface area contributed by atoms with Crippen LogP contribution in [0.3, 0.4) is 0 Å². The zero-order valence-corrected chi connectivity index (χ0v) is 13.9. The number of carbonyl (C=O) groups excluding carboxylic acids is 1. The van der Waals surface area contributed by atoms with Crippen LogP contribution in [0.15, 0.2) is 24.3 Å². The third-order valence-electron chi connectivity index (χ3n) is 5.17. The lowest BCUT2D eigenvalue weighted by molar-refractivity contribution is -0.152. The number of rotatable bonds is 6. The van der Waals surface area contributed by atoms with Gasteiger partial charge in [0.1, 0.15) is 5.75 Å². The van der Waals surface area contributed by atoms with Crippen LogP contribution in [-0.4, -0.2) is 23.1 Å². The highest BCUT2D eigenvalue weighted by atomic mass is 16.5. The first-order valence-corrected chi connectivity index (χ1v) is 8.89. The van der Waals surface area contributed by atoms with Crippen LogP contribution in [0.4, 0.5) is 0 Å². The summed E-state index contributed by atoms with van der Waals surface area (Å²) in [4.78, 5) is 23.0. The molecule has 130 valence electrons. The summed E-state index contributed by atoms with van der Waals surface area (Å²) in [6.07, 6.45) is 7.64. The number of carboxylic acids is 1. The van der Waals surface area contributed by atoms with Crippen LogP contribution in [0, 0.1) is 11.8 Å². The molecule has 2 aliphatic carbocycles. The number of benzene rings is 1. The molecule has 2 unspecified atom stereocenters. The Bertz CT molecular complexity index is 578. The number of amides is 1. The van der Waals surface area contributed by atoms with Gasteiger partial charge in [-0.2, -0.15) is 0 Å². The Morgan fingerprint density at radius 2 is 1.67 bits per heavy atom. The Hall–Kier alpha value is -2.04. The van der Waals surface area contributed by atoms with Gasteiger partial charge < -0.3 is 15.2 Å². The minimum absolute atomic E-state index is 0.156. The van der Waals surface area contributed by atoms with Crippen molar-refractivity contribution in [2.45, 2.75) is 57.6 Å². The van der Waals surface area contributed by atoms with E-state index in [0.717, 1.165) is 24.2 Å². The molecule has 1 aromatic carbocycles. The van der Waals surface area contributed by atoms with Crippen LogP contribution in [0.2, 0.25) is 0 Å². The summed E-state index contributed by atoms with van der Waals surface area (Å²) in [5, 5.41) is 11.9. The van der Waals surface area contributed by atoms with Crippen LogP contribution in [0.1, 0.15) is 50.5 Å². The second-order valence-corrected chi connectivity index (χ2v) is 6.87. The smallest absolute Gasteiger partial charge is 0.307 e. The standard InChI is InChI=1S/C19H25NO4/c21-18(16-10-11-17(16)19(22)23)20-12-13-6-8-15(9-7-13)24-14-4-2-1-3-5-14/h6-9,14,16-17H,1-5,10-12H2,(H,20,21)(H,22,23). The van der Waals surface area contributed by atoms with Crippen molar-refractivity contribution in [1.29, 1.82) is 0 Å². The van der Waals surface area contributed by atoms with Crippen molar-refractivity contribution in [2.24, 2.45) is 11.8 Å². The largest absolute Gasteiger partial charge is 0.490 e. The molecule has 2 atom stereocenters. The second kappa shape index (κ2) is 7.69. The predicted molar refractivity (Wildman–Crippen MR) is 89.6 cm³/mol. The van der Waals surface area contributed by atoms with E-state index in [-0.39, 0.29) is 11.8 Å². The molecule has 0 aromatic heterocycles. The maximum Gasteiger partial charge on any atom is 0.307 e. The van der Waals surface area contributed by atoms with Crippen molar-refractivity contribution in [3.8, 4) is 5.75 Å². The van der Waals surface area contributed by atoms with E-state index in [4.69, 9.17) is 9.84 Å². The van der Waals surface area contributed by atoms with Gasteiger partial charge in [-0.05, 0) is 56.2 Å². The molecule has 0 radical (unpaired) electrons. The molecule has 0 heterocycles. The van der Waals surface area contributed by atoms with E-state index in [1.54, 1.807) is 0 Å². The highest BCUT2D eigenvalue weighted by Crippen LogP contribution is 2.34. The van der Waals surface area contributed by atoms with Crippen molar-refractivity contribution in [3.63, 3.8) is 0 Å². The van der Waals surface area contributed by atoms with Crippen molar-refractivity contribution in [3.05, 3.63) is 29.8 Å². The lowest BCUT2D eigenvalue weighted by atomic mass is 9.73. The lowest BCUT2D eigenvalue weighted by Crippen LogP contribution is -2.43. The number of aliphatic carboxylic acids is 1. The van der Waals surface area contributed by atoms with Crippen molar-refractivity contribution < 1.29 is 19.4 Å². The van der Waals surface area contributed by atoms with Crippen LogP contribution < -0.4 is 10.1 Å². The van der Waals surface area contributed by atoms with Gasteiger partial charge in [-0.25, -0.2) is 0 Å². The number of hydrogen-bond acceptors (Lipinski definition) is 3. The van der Waals surface area contributed by atoms with Crippen LogP contribution in [-0.2, 0) is 16.1 Å². The van der Waals surface area contributed by atoms with E-state index in [0.29, 0.717) is 25.5 Å². The highest BCUT2D eigenvalue weighted by Gasteiger charge is 2.41. The van der Waals surface area contributed by atoms with Gasteiger partial charge in [0.05, 0.1) is 17.9 Å². The Kier molecular flexibility index (Phi) is 5.38. The van der Waals surface area contributed by atoms with Gasteiger partial charge in [0, 0.05) is 6.54 Å². The van der Waals surface area contributed by atoms with Gasteiger partial charge in [0.15, 0.2) is 0 Å². The summed E-state index contributed by atoms with van der Waals surface area (Å²) in [5.41, 5.74) is 0.991. The van der Waals surface area contributed by atoms with E-state index in [2.05, 4.69) is 5.32 Å². The molecule has 0 aliphatic heterocycles.